The quantitative estimate of drug-likeness (QED) is 0.790. The van der Waals surface area contributed by atoms with Gasteiger partial charge in [0.1, 0.15) is 11.5 Å². The molecule has 0 aromatic heterocycles. The zero-order chi connectivity index (χ0) is 16.6. The normalized spacial score (nSPS) is 16.7. The Bertz CT molecular complexity index is 829. The lowest BCUT2D eigenvalue weighted by molar-refractivity contribution is -0.118. The molecule has 0 spiro atoms. The van der Waals surface area contributed by atoms with E-state index in [0.29, 0.717) is 34.7 Å². The number of halogens is 1. The van der Waals surface area contributed by atoms with Crippen molar-refractivity contribution in [3.8, 4) is 0 Å². The van der Waals surface area contributed by atoms with E-state index in [9.17, 15) is 13.6 Å². The molecule has 5 heteroatoms. The predicted molar refractivity (Wildman–Crippen MR) is 90.5 cm³/mol. The number of Topliss-reactive ketones (excluding diaryl/α,β-unsaturated/α-hetero) is 1. The van der Waals surface area contributed by atoms with Crippen molar-refractivity contribution in [1.29, 1.82) is 0 Å². The van der Waals surface area contributed by atoms with Crippen LogP contribution in [-0.4, -0.2) is 10.3 Å². The fraction of sp³-hybridized carbons (Fsp3) is 0.278. The van der Waals surface area contributed by atoms with E-state index in [0.717, 1.165) is 16.7 Å². The largest absolute Gasteiger partial charge is 0.610 e. The number of hydrogen-bond donors (Lipinski definition) is 0. The Balaban J connectivity index is 1.88. The lowest BCUT2D eigenvalue weighted by Crippen LogP contribution is -2.17. The Morgan fingerprint density at radius 3 is 2.65 bits per heavy atom. The first-order valence-corrected chi connectivity index (χ1v) is 9.49. The SMILES string of the molecule is Cc1ccc(C[S+](=O)([O-])c2ccc3c(c2)CCC(=O)C3)cc1Cl. The lowest BCUT2D eigenvalue weighted by Gasteiger charge is -2.19. The molecule has 23 heavy (non-hydrogen) atoms. The predicted octanol–water partition coefficient (Wildman–Crippen LogP) is 3.90. The van der Waals surface area contributed by atoms with E-state index < -0.39 is 10.2 Å². The molecule has 0 amide bonds. The molecule has 0 saturated heterocycles. The molecule has 1 atom stereocenters. The van der Waals surface area contributed by atoms with Crippen molar-refractivity contribution in [2.75, 3.05) is 0 Å². The fourth-order valence-corrected chi connectivity index (χ4v) is 4.39. The van der Waals surface area contributed by atoms with Gasteiger partial charge in [-0.05, 0) is 48.2 Å². The molecule has 0 heterocycles. The summed E-state index contributed by atoms with van der Waals surface area (Å²) in [7, 11) is -3.43. The summed E-state index contributed by atoms with van der Waals surface area (Å²) in [5.41, 5.74) is 3.51. The van der Waals surface area contributed by atoms with Gasteiger partial charge in [-0.25, -0.2) is 0 Å². The topological polar surface area (TPSA) is 57.2 Å². The third-order valence-electron chi connectivity index (χ3n) is 4.19. The van der Waals surface area contributed by atoms with Crippen LogP contribution in [0.1, 0.15) is 28.7 Å². The minimum Gasteiger partial charge on any atom is -0.610 e. The molecule has 0 fully saturated rings. The summed E-state index contributed by atoms with van der Waals surface area (Å²) >= 11 is 6.07. The van der Waals surface area contributed by atoms with Crippen LogP contribution in [0.3, 0.4) is 0 Å². The van der Waals surface area contributed by atoms with Gasteiger partial charge >= 0.3 is 0 Å². The van der Waals surface area contributed by atoms with E-state index in [1.54, 1.807) is 30.3 Å². The van der Waals surface area contributed by atoms with E-state index >= 15 is 0 Å². The molecule has 2 aromatic carbocycles. The molecular weight excluding hydrogens is 332 g/mol. The Morgan fingerprint density at radius 1 is 1.13 bits per heavy atom. The number of rotatable bonds is 3. The summed E-state index contributed by atoms with van der Waals surface area (Å²) in [6.07, 6.45) is 1.52. The van der Waals surface area contributed by atoms with Crippen molar-refractivity contribution < 1.29 is 13.6 Å². The molecular formula is C18H17ClO3S. The zero-order valence-electron chi connectivity index (χ0n) is 12.8. The van der Waals surface area contributed by atoms with Crippen LogP contribution in [0.25, 0.3) is 0 Å². The van der Waals surface area contributed by atoms with Gasteiger partial charge in [0, 0.05) is 23.4 Å². The maximum Gasteiger partial charge on any atom is 0.156 e. The third-order valence-corrected chi connectivity index (χ3v) is 6.28. The molecule has 2 aromatic rings. The maximum absolute atomic E-state index is 12.6. The lowest BCUT2D eigenvalue weighted by atomic mass is 9.91. The van der Waals surface area contributed by atoms with Crippen LogP contribution in [-0.2, 0) is 37.8 Å². The van der Waals surface area contributed by atoms with Crippen LogP contribution < -0.4 is 0 Å². The number of hydrogen-bond acceptors (Lipinski definition) is 3. The van der Waals surface area contributed by atoms with E-state index in [4.69, 9.17) is 11.6 Å². The molecule has 1 unspecified atom stereocenters. The van der Waals surface area contributed by atoms with Crippen LogP contribution in [0, 0.1) is 6.92 Å². The first-order chi connectivity index (χ1) is 10.8. The maximum atomic E-state index is 12.6. The molecule has 0 N–H and O–H groups in total. The van der Waals surface area contributed by atoms with Crippen LogP contribution >= 0.6 is 11.6 Å². The van der Waals surface area contributed by atoms with Gasteiger partial charge in [0.05, 0.1) is 10.2 Å². The Kier molecular flexibility index (Phi) is 4.41. The summed E-state index contributed by atoms with van der Waals surface area (Å²) in [6, 6.07) is 10.4. The minimum atomic E-state index is -3.43. The molecule has 0 radical (unpaired) electrons. The van der Waals surface area contributed by atoms with Crippen molar-refractivity contribution in [1.82, 2.24) is 0 Å². The van der Waals surface area contributed by atoms with Gasteiger partial charge in [-0.1, -0.05) is 29.8 Å². The summed E-state index contributed by atoms with van der Waals surface area (Å²) in [4.78, 5) is 11.8. The van der Waals surface area contributed by atoms with Crippen molar-refractivity contribution in [3.63, 3.8) is 0 Å². The Labute approximate surface area is 141 Å². The van der Waals surface area contributed by atoms with Crippen LogP contribution in [0.2, 0.25) is 5.02 Å². The summed E-state index contributed by atoms with van der Waals surface area (Å²) in [6.45, 7) is 1.88. The summed E-state index contributed by atoms with van der Waals surface area (Å²) in [5.74, 6) is 0.132. The Hall–Kier alpha value is -1.49. The molecule has 3 rings (SSSR count). The van der Waals surface area contributed by atoms with Crippen molar-refractivity contribution >= 4 is 27.6 Å². The molecule has 0 aliphatic heterocycles. The summed E-state index contributed by atoms with van der Waals surface area (Å²) < 4.78 is 25.3. The van der Waals surface area contributed by atoms with Crippen LogP contribution in [0.4, 0.5) is 0 Å². The van der Waals surface area contributed by atoms with Gasteiger partial charge in [-0.15, -0.1) is 4.21 Å². The van der Waals surface area contributed by atoms with Crippen molar-refractivity contribution in [2.45, 2.75) is 36.8 Å². The highest BCUT2D eigenvalue weighted by Crippen LogP contribution is 2.28. The van der Waals surface area contributed by atoms with Gasteiger partial charge in [-0.2, -0.15) is 0 Å². The highest BCUT2D eigenvalue weighted by molar-refractivity contribution is 7.96. The first kappa shape index (κ1) is 16.4. The number of fused-ring (bicyclic) bond motifs is 1. The Morgan fingerprint density at radius 2 is 1.91 bits per heavy atom. The van der Waals surface area contributed by atoms with Crippen molar-refractivity contribution in [2.24, 2.45) is 0 Å². The second kappa shape index (κ2) is 6.19. The van der Waals surface area contributed by atoms with Gasteiger partial charge in [0.25, 0.3) is 0 Å². The number of sulfone groups is 1. The highest BCUT2D eigenvalue weighted by atomic mass is 35.5. The smallest absolute Gasteiger partial charge is 0.156 e. The monoisotopic (exact) mass is 348 g/mol. The third kappa shape index (κ3) is 3.55. The summed E-state index contributed by atoms with van der Waals surface area (Å²) in [5, 5.41) is 0.571. The van der Waals surface area contributed by atoms with Crippen LogP contribution in [0.15, 0.2) is 41.3 Å². The highest BCUT2D eigenvalue weighted by Gasteiger charge is 2.24. The fourth-order valence-electron chi connectivity index (χ4n) is 2.80. The minimum absolute atomic E-state index is 0.0787. The van der Waals surface area contributed by atoms with E-state index in [-0.39, 0.29) is 11.5 Å². The molecule has 120 valence electrons. The molecule has 0 bridgehead atoms. The number of ketones is 1. The molecule has 0 saturated carbocycles. The molecule has 1 aliphatic carbocycles. The number of carbonyl (C=O) groups excluding carboxylic acids is 1. The second-order valence-corrected chi connectivity index (χ2v) is 8.39. The average molecular weight is 349 g/mol. The average Bonchev–Trinajstić information content (AvgIpc) is 2.50. The number of carbonyl (C=O) groups is 1. The zero-order valence-corrected chi connectivity index (χ0v) is 14.4. The second-order valence-electron chi connectivity index (χ2n) is 5.99. The van der Waals surface area contributed by atoms with Gasteiger partial charge < -0.3 is 4.55 Å². The van der Waals surface area contributed by atoms with E-state index in [1.807, 2.05) is 13.0 Å². The number of benzene rings is 2. The number of aryl methyl sites for hydroxylation is 2. The van der Waals surface area contributed by atoms with Crippen LogP contribution in [0.5, 0.6) is 0 Å². The standard InChI is InChI=1S/C18H17ClO3S/c1-12-2-3-13(8-18(12)19)11-23(21,22)17-7-5-14-9-16(20)6-4-15(14)10-17/h2-3,5,7-8,10H,4,6,9,11H2,1H3. The van der Waals surface area contributed by atoms with Gasteiger partial charge in [-0.3, -0.25) is 4.79 Å². The van der Waals surface area contributed by atoms with E-state index in [1.165, 1.54) is 0 Å². The van der Waals surface area contributed by atoms with Crippen molar-refractivity contribution in [3.05, 3.63) is 63.7 Å². The van der Waals surface area contributed by atoms with Gasteiger partial charge in [0.15, 0.2) is 4.90 Å². The first-order valence-electron chi connectivity index (χ1n) is 7.46. The van der Waals surface area contributed by atoms with Gasteiger partial charge in [0.2, 0.25) is 0 Å². The molecule has 1 aliphatic rings. The van der Waals surface area contributed by atoms with E-state index in [2.05, 4.69) is 0 Å². The molecule has 3 nitrogen and oxygen atoms in total.